The van der Waals surface area contributed by atoms with Crippen molar-refractivity contribution in [3.8, 4) is 0 Å². The maximum absolute atomic E-state index is 13.0. The van der Waals surface area contributed by atoms with Crippen LogP contribution in [-0.4, -0.2) is 110 Å². The number of aliphatic hydroxyl groups excluding tert-OH is 7. The summed E-state index contributed by atoms with van der Waals surface area (Å²) in [6.45, 7) is 3.37. The standard InChI is InChI=1S/C43H83NO10/c1-3-5-7-9-11-13-14-15-16-17-18-19-20-21-22-23-25-26-28-30-35(46)38(48)34(33-53-43-41(51)40(50)39(49)37(32-45)54-43)44-42(52)36(47)31-29-27-24-12-10-8-6-4-2/h23,25,34-41,43,45-51H,3-22,24,26-33H2,1-2H3,(H,44,52)/b25-23+. The van der Waals surface area contributed by atoms with Gasteiger partial charge < -0.3 is 50.5 Å². The van der Waals surface area contributed by atoms with Crippen LogP contribution in [0, 0.1) is 0 Å². The van der Waals surface area contributed by atoms with E-state index in [-0.39, 0.29) is 12.8 Å². The number of unbranched alkanes of at least 4 members (excludes halogenated alkanes) is 22. The maximum atomic E-state index is 13.0. The van der Waals surface area contributed by atoms with Crippen LogP contribution in [0.2, 0.25) is 0 Å². The molecule has 320 valence electrons. The van der Waals surface area contributed by atoms with Crippen molar-refractivity contribution in [1.29, 1.82) is 0 Å². The van der Waals surface area contributed by atoms with E-state index in [9.17, 15) is 40.5 Å². The fourth-order valence-corrected chi connectivity index (χ4v) is 7.09. The number of allylic oxidation sites excluding steroid dienone is 2. The molecule has 9 atom stereocenters. The summed E-state index contributed by atoms with van der Waals surface area (Å²) in [7, 11) is 0. The van der Waals surface area contributed by atoms with Crippen molar-refractivity contribution in [3.63, 3.8) is 0 Å². The topological polar surface area (TPSA) is 189 Å². The lowest BCUT2D eigenvalue weighted by Gasteiger charge is -2.40. The monoisotopic (exact) mass is 774 g/mol. The van der Waals surface area contributed by atoms with E-state index in [0.29, 0.717) is 12.8 Å². The molecule has 0 aromatic rings. The van der Waals surface area contributed by atoms with E-state index < -0.39 is 74.2 Å². The predicted octanol–water partition coefficient (Wildman–Crippen LogP) is 6.50. The van der Waals surface area contributed by atoms with Gasteiger partial charge in [-0.25, -0.2) is 0 Å². The highest BCUT2D eigenvalue weighted by atomic mass is 16.7. The Morgan fingerprint density at radius 1 is 0.630 bits per heavy atom. The van der Waals surface area contributed by atoms with Crippen LogP contribution in [-0.2, 0) is 14.3 Å². The highest BCUT2D eigenvalue weighted by Gasteiger charge is 2.44. The predicted molar refractivity (Wildman–Crippen MR) is 215 cm³/mol. The van der Waals surface area contributed by atoms with Gasteiger partial charge in [0.15, 0.2) is 6.29 Å². The molecule has 11 nitrogen and oxygen atoms in total. The molecule has 1 fully saturated rings. The summed E-state index contributed by atoms with van der Waals surface area (Å²) in [5.74, 6) is -0.710. The average molecular weight is 774 g/mol. The lowest BCUT2D eigenvalue weighted by Crippen LogP contribution is -2.60. The number of hydrogen-bond donors (Lipinski definition) is 8. The first-order chi connectivity index (χ1) is 26.2. The fraction of sp³-hybridized carbons (Fsp3) is 0.930. The van der Waals surface area contributed by atoms with E-state index in [0.717, 1.165) is 38.5 Å². The first-order valence-corrected chi connectivity index (χ1v) is 22.1. The van der Waals surface area contributed by atoms with Crippen molar-refractivity contribution in [2.45, 2.75) is 242 Å². The molecule has 11 heteroatoms. The SMILES string of the molecule is CCCCCCCCCCCCCCCC/C=C/CCCC(O)C(O)C(COC1OC(CO)C(O)C(O)C1O)NC(=O)C(O)CCCCCCCCCC. The van der Waals surface area contributed by atoms with Crippen molar-refractivity contribution in [1.82, 2.24) is 5.32 Å². The molecule has 0 aromatic heterocycles. The van der Waals surface area contributed by atoms with Crippen LogP contribution in [0.5, 0.6) is 0 Å². The minimum atomic E-state index is -1.66. The van der Waals surface area contributed by atoms with Crippen LogP contribution in [0.15, 0.2) is 12.2 Å². The summed E-state index contributed by atoms with van der Waals surface area (Å²) in [4.78, 5) is 13.0. The van der Waals surface area contributed by atoms with Gasteiger partial charge in [-0.15, -0.1) is 0 Å². The van der Waals surface area contributed by atoms with E-state index in [1.165, 1.54) is 109 Å². The molecular formula is C43H83NO10. The zero-order valence-corrected chi connectivity index (χ0v) is 34.2. The summed E-state index contributed by atoms with van der Waals surface area (Å²) >= 11 is 0. The van der Waals surface area contributed by atoms with Gasteiger partial charge in [0, 0.05) is 0 Å². The Labute approximate surface area is 328 Å². The van der Waals surface area contributed by atoms with Crippen LogP contribution < -0.4 is 5.32 Å². The van der Waals surface area contributed by atoms with E-state index in [1.807, 2.05) is 0 Å². The summed E-state index contributed by atoms with van der Waals surface area (Å²) < 4.78 is 11.0. The highest BCUT2D eigenvalue weighted by Crippen LogP contribution is 2.23. The number of hydrogen-bond acceptors (Lipinski definition) is 10. The molecule has 9 unspecified atom stereocenters. The average Bonchev–Trinajstić information content (AvgIpc) is 3.17. The second-order valence-corrected chi connectivity index (χ2v) is 15.8. The van der Waals surface area contributed by atoms with Crippen LogP contribution in [0.25, 0.3) is 0 Å². The number of carbonyl (C=O) groups excluding carboxylic acids is 1. The van der Waals surface area contributed by atoms with Crippen molar-refractivity contribution >= 4 is 5.91 Å². The molecule has 0 spiro atoms. The number of aliphatic hydroxyl groups is 7. The summed E-state index contributed by atoms with van der Waals surface area (Å²) in [5.41, 5.74) is 0. The van der Waals surface area contributed by atoms with Crippen molar-refractivity contribution in [2.75, 3.05) is 13.2 Å². The van der Waals surface area contributed by atoms with Gasteiger partial charge >= 0.3 is 0 Å². The molecule has 54 heavy (non-hydrogen) atoms. The number of carbonyl (C=O) groups is 1. The van der Waals surface area contributed by atoms with Gasteiger partial charge in [0.2, 0.25) is 5.91 Å². The number of amides is 1. The third kappa shape index (κ3) is 23.8. The number of ether oxygens (including phenoxy) is 2. The van der Waals surface area contributed by atoms with E-state index in [4.69, 9.17) is 9.47 Å². The van der Waals surface area contributed by atoms with Gasteiger partial charge in [-0.3, -0.25) is 4.79 Å². The Kier molecular flexibility index (Phi) is 32.0. The third-order valence-electron chi connectivity index (χ3n) is 10.8. The summed E-state index contributed by atoms with van der Waals surface area (Å²) in [6.07, 6.45) is 22.9. The normalized spacial score (nSPS) is 22.7. The first-order valence-electron chi connectivity index (χ1n) is 22.1. The van der Waals surface area contributed by atoms with Gasteiger partial charge in [0.1, 0.15) is 36.6 Å². The Bertz CT molecular complexity index is 892. The van der Waals surface area contributed by atoms with Crippen LogP contribution in [0.1, 0.15) is 187 Å². The van der Waals surface area contributed by atoms with E-state index >= 15 is 0 Å². The van der Waals surface area contributed by atoms with Crippen molar-refractivity contribution in [3.05, 3.63) is 12.2 Å². The highest BCUT2D eigenvalue weighted by molar-refractivity contribution is 5.80. The zero-order valence-electron chi connectivity index (χ0n) is 34.2. The molecule has 1 saturated heterocycles. The lowest BCUT2D eigenvalue weighted by atomic mass is 9.98. The molecule has 0 bridgehead atoms. The molecule has 0 radical (unpaired) electrons. The minimum Gasteiger partial charge on any atom is -0.394 e. The van der Waals surface area contributed by atoms with E-state index in [2.05, 4.69) is 31.3 Å². The van der Waals surface area contributed by atoms with Crippen LogP contribution in [0.3, 0.4) is 0 Å². The largest absolute Gasteiger partial charge is 0.394 e. The Hall–Kier alpha value is -1.15. The van der Waals surface area contributed by atoms with Crippen LogP contribution in [0.4, 0.5) is 0 Å². The first kappa shape index (κ1) is 50.9. The lowest BCUT2D eigenvalue weighted by molar-refractivity contribution is -0.303. The van der Waals surface area contributed by atoms with Gasteiger partial charge in [-0.2, -0.15) is 0 Å². The second kappa shape index (κ2) is 33.9. The Morgan fingerprint density at radius 3 is 1.59 bits per heavy atom. The zero-order chi connectivity index (χ0) is 39.8. The second-order valence-electron chi connectivity index (χ2n) is 15.8. The number of nitrogens with one attached hydrogen (secondary N) is 1. The minimum absolute atomic E-state index is 0.255. The van der Waals surface area contributed by atoms with Gasteiger partial charge in [-0.1, -0.05) is 161 Å². The molecule has 8 N–H and O–H groups in total. The van der Waals surface area contributed by atoms with Gasteiger partial charge in [-0.05, 0) is 38.5 Å². The summed E-state index contributed by atoms with van der Waals surface area (Å²) in [5, 5.41) is 75.3. The number of rotatable bonds is 36. The molecule has 1 aliphatic heterocycles. The van der Waals surface area contributed by atoms with Crippen LogP contribution >= 0.6 is 0 Å². The molecule has 1 amide bonds. The Balaban J connectivity index is 2.45. The molecule has 1 heterocycles. The summed E-state index contributed by atoms with van der Waals surface area (Å²) in [6, 6.07) is -1.18. The molecule has 0 aliphatic carbocycles. The molecule has 0 saturated carbocycles. The Morgan fingerprint density at radius 2 is 1.09 bits per heavy atom. The molecule has 1 aliphatic rings. The maximum Gasteiger partial charge on any atom is 0.249 e. The van der Waals surface area contributed by atoms with Gasteiger partial charge in [0.25, 0.3) is 0 Å². The molecular weight excluding hydrogens is 690 g/mol. The van der Waals surface area contributed by atoms with Gasteiger partial charge in [0.05, 0.1) is 25.4 Å². The van der Waals surface area contributed by atoms with Crippen molar-refractivity contribution < 1.29 is 50.0 Å². The third-order valence-corrected chi connectivity index (χ3v) is 10.8. The fourth-order valence-electron chi connectivity index (χ4n) is 7.09. The molecule has 1 rings (SSSR count). The molecule has 0 aromatic carbocycles. The quantitative estimate of drug-likeness (QED) is 0.0258. The van der Waals surface area contributed by atoms with Crippen molar-refractivity contribution in [2.24, 2.45) is 0 Å². The van der Waals surface area contributed by atoms with E-state index in [1.54, 1.807) is 0 Å². The smallest absolute Gasteiger partial charge is 0.249 e.